The van der Waals surface area contributed by atoms with Crippen molar-refractivity contribution in [3.63, 3.8) is 0 Å². The van der Waals surface area contributed by atoms with E-state index in [1.54, 1.807) is 0 Å². The lowest BCUT2D eigenvalue weighted by atomic mass is 10.0. The number of para-hydroxylation sites is 2. The molecule has 0 aliphatic rings. The Morgan fingerprint density at radius 3 is 2.65 bits per heavy atom. The molecule has 0 aliphatic heterocycles. The monoisotopic (exact) mass is 231 g/mol. The van der Waals surface area contributed by atoms with E-state index in [1.165, 1.54) is 5.52 Å². The molecule has 1 heterocycles. The second-order valence-corrected chi connectivity index (χ2v) is 4.90. The van der Waals surface area contributed by atoms with Crippen LogP contribution in [0.3, 0.4) is 0 Å². The first kappa shape index (κ1) is 12.1. The molecule has 1 atom stereocenters. The van der Waals surface area contributed by atoms with E-state index in [0.29, 0.717) is 12.0 Å². The fraction of sp³-hybridized carbons (Fsp3) is 0.500. The van der Waals surface area contributed by atoms with Gasteiger partial charge in [-0.15, -0.1) is 0 Å². The van der Waals surface area contributed by atoms with E-state index in [1.807, 2.05) is 13.1 Å². The van der Waals surface area contributed by atoms with Gasteiger partial charge in [0.1, 0.15) is 5.82 Å². The molecule has 3 heteroatoms. The number of hydrogen-bond donors (Lipinski definition) is 1. The topological polar surface area (TPSA) is 29.9 Å². The number of hydrogen-bond acceptors (Lipinski definition) is 2. The molecule has 0 radical (unpaired) electrons. The van der Waals surface area contributed by atoms with Crippen molar-refractivity contribution in [2.75, 3.05) is 7.05 Å². The van der Waals surface area contributed by atoms with Gasteiger partial charge in [0.05, 0.1) is 11.0 Å². The molecule has 0 amide bonds. The van der Waals surface area contributed by atoms with Gasteiger partial charge in [0.25, 0.3) is 0 Å². The van der Waals surface area contributed by atoms with Gasteiger partial charge in [-0.05, 0) is 32.0 Å². The van der Waals surface area contributed by atoms with Crippen molar-refractivity contribution in [1.82, 2.24) is 14.9 Å². The van der Waals surface area contributed by atoms with Crippen LogP contribution in [0.5, 0.6) is 0 Å². The first-order valence-electron chi connectivity index (χ1n) is 6.22. The fourth-order valence-corrected chi connectivity index (χ4v) is 2.26. The summed E-state index contributed by atoms with van der Waals surface area (Å²) in [7, 11) is 2.03. The highest BCUT2D eigenvalue weighted by Gasteiger charge is 2.14. The maximum Gasteiger partial charge on any atom is 0.106 e. The van der Waals surface area contributed by atoms with Gasteiger partial charge in [-0.2, -0.15) is 0 Å². The second kappa shape index (κ2) is 4.88. The summed E-state index contributed by atoms with van der Waals surface area (Å²) in [6, 6.07) is 8.80. The van der Waals surface area contributed by atoms with Gasteiger partial charge in [-0.1, -0.05) is 26.0 Å². The van der Waals surface area contributed by atoms with Crippen LogP contribution in [0.15, 0.2) is 24.3 Å². The number of fused-ring (bicyclic) bond motifs is 1. The highest BCUT2D eigenvalue weighted by molar-refractivity contribution is 5.75. The molecule has 17 heavy (non-hydrogen) atoms. The summed E-state index contributed by atoms with van der Waals surface area (Å²) in [5.74, 6) is 1.70. The standard InChI is InChI=1S/C14H21N3/c1-10(2)13(15-4)9-17-11(3)16-12-7-5-6-8-14(12)17/h5-8,10,13,15H,9H2,1-4H3. The van der Waals surface area contributed by atoms with E-state index in [-0.39, 0.29) is 0 Å². The van der Waals surface area contributed by atoms with E-state index in [0.717, 1.165) is 17.9 Å². The van der Waals surface area contributed by atoms with Crippen LogP contribution in [0.1, 0.15) is 19.7 Å². The zero-order valence-corrected chi connectivity index (χ0v) is 11.1. The molecule has 2 rings (SSSR count). The van der Waals surface area contributed by atoms with Crippen LogP contribution in [0, 0.1) is 12.8 Å². The Labute approximate surface area is 103 Å². The zero-order chi connectivity index (χ0) is 12.4. The molecular formula is C14H21N3. The number of likely N-dealkylation sites (N-methyl/N-ethyl adjacent to an activating group) is 1. The molecule has 1 N–H and O–H groups in total. The van der Waals surface area contributed by atoms with E-state index in [4.69, 9.17) is 0 Å². The number of aryl methyl sites for hydroxylation is 1. The molecule has 1 aromatic heterocycles. The van der Waals surface area contributed by atoms with Crippen LogP contribution in [0.25, 0.3) is 11.0 Å². The molecule has 0 fully saturated rings. The number of aromatic nitrogens is 2. The smallest absolute Gasteiger partial charge is 0.106 e. The predicted molar refractivity (Wildman–Crippen MR) is 72.2 cm³/mol. The summed E-state index contributed by atoms with van der Waals surface area (Å²) >= 11 is 0. The highest BCUT2D eigenvalue weighted by Crippen LogP contribution is 2.17. The summed E-state index contributed by atoms with van der Waals surface area (Å²) in [6.45, 7) is 7.54. The molecule has 0 aliphatic carbocycles. The van der Waals surface area contributed by atoms with Crippen molar-refractivity contribution in [2.45, 2.75) is 33.4 Å². The van der Waals surface area contributed by atoms with Gasteiger partial charge in [0.15, 0.2) is 0 Å². The molecule has 0 saturated heterocycles. The summed E-state index contributed by atoms with van der Waals surface area (Å²) in [6.07, 6.45) is 0. The Kier molecular flexibility index (Phi) is 3.48. The fourth-order valence-electron chi connectivity index (χ4n) is 2.26. The third kappa shape index (κ3) is 2.34. The normalized spacial score (nSPS) is 13.5. The molecule has 0 saturated carbocycles. The van der Waals surface area contributed by atoms with Crippen molar-refractivity contribution >= 4 is 11.0 Å². The SMILES string of the molecule is CNC(Cn1c(C)nc2ccccc21)C(C)C. The first-order chi connectivity index (χ1) is 8.13. The molecule has 1 unspecified atom stereocenters. The minimum Gasteiger partial charge on any atom is -0.327 e. The predicted octanol–water partition coefficient (Wildman–Crippen LogP) is 2.59. The largest absolute Gasteiger partial charge is 0.327 e. The summed E-state index contributed by atoms with van der Waals surface area (Å²) in [5.41, 5.74) is 2.31. The average Bonchev–Trinajstić information content (AvgIpc) is 2.61. The van der Waals surface area contributed by atoms with Crippen LogP contribution >= 0.6 is 0 Å². The second-order valence-electron chi connectivity index (χ2n) is 4.90. The van der Waals surface area contributed by atoms with Crippen LogP contribution in [-0.2, 0) is 6.54 Å². The zero-order valence-electron chi connectivity index (χ0n) is 11.1. The van der Waals surface area contributed by atoms with Gasteiger partial charge in [-0.25, -0.2) is 4.98 Å². The number of rotatable bonds is 4. The van der Waals surface area contributed by atoms with Crippen molar-refractivity contribution in [3.8, 4) is 0 Å². The van der Waals surface area contributed by atoms with Gasteiger partial charge >= 0.3 is 0 Å². The van der Waals surface area contributed by atoms with Crippen molar-refractivity contribution in [1.29, 1.82) is 0 Å². The van der Waals surface area contributed by atoms with Crippen molar-refractivity contribution in [2.24, 2.45) is 5.92 Å². The van der Waals surface area contributed by atoms with E-state index >= 15 is 0 Å². The van der Waals surface area contributed by atoms with Gasteiger partial charge in [0.2, 0.25) is 0 Å². The number of nitrogens with one attached hydrogen (secondary N) is 1. The Balaban J connectivity index is 2.37. The molecule has 3 nitrogen and oxygen atoms in total. The maximum atomic E-state index is 4.59. The van der Waals surface area contributed by atoms with Gasteiger partial charge in [-0.3, -0.25) is 0 Å². The molecular weight excluding hydrogens is 210 g/mol. The number of nitrogens with zero attached hydrogens (tertiary/aromatic N) is 2. The molecule has 2 aromatic rings. The third-order valence-corrected chi connectivity index (χ3v) is 3.40. The molecule has 0 spiro atoms. The van der Waals surface area contributed by atoms with Crippen LogP contribution < -0.4 is 5.32 Å². The molecule has 1 aromatic carbocycles. The van der Waals surface area contributed by atoms with E-state index in [2.05, 4.69) is 53.8 Å². The lowest BCUT2D eigenvalue weighted by Crippen LogP contribution is -2.35. The van der Waals surface area contributed by atoms with Gasteiger partial charge in [0, 0.05) is 12.6 Å². The molecule has 0 bridgehead atoms. The number of imidazole rings is 1. The summed E-state index contributed by atoms with van der Waals surface area (Å²) in [5, 5.41) is 3.38. The van der Waals surface area contributed by atoms with Crippen molar-refractivity contribution < 1.29 is 0 Å². The minimum absolute atomic E-state index is 0.478. The average molecular weight is 231 g/mol. The van der Waals surface area contributed by atoms with Crippen LogP contribution in [0.4, 0.5) is 0 Å². The lowest BCUT2D eigenvalue weighted by molar-refractivity contribution is 0.379. The number of benzene rings is 1. The Morgan fingerprint density at radius 2 is 2.00 bits per heavy atom. The van der Waals surface area contributed by atoms with Crippen LogP contribution in [-0.4, -0.2) is 22.6 Å². The maximum absolute atomic E-state index is 4.59. The Morgan fingerprint density at radius 1 is 1.29 bits per heavy atom. The quantitative estimate of drug-likeness (QED) is 0.876. The summed E-state index contributed by atoms with van der Waals surface area (Å²) < 4.78 is 2.30. The minimum atomic E-state index is 0.478. The van der Waals surface area contributed by atoms with Crippen LogP contribution in [0.2, 0.25) is 0 Å². The summed E-state index contributed by atoms with van der Waals surface area (Å²) in [4.78, 5) is 4.59. The molecule has 92 valence electrons. The van der Waals surface area contributed by atoms with E-state index < -0.39 is 0 Å². The lowest BCUT2D eigenvalue weighted by Gasteiger charge is -2.21. The Hall–Kier alpha value is -1.35. The third-order valence-electron chi connectivity index (χ3n) is 3.40. The Bertz CT molecular complexity index is 499. The van der Waals surface area contributed by atoms with Gasteiger partial charge < -0.3 is 9.88 Å². The van der Waals surface area contributed by atoms with E-state index in [9.17, 15) is 0 Å². The first-order valence-corrected chi connectivity index (χ1v) is 6.22. The van der Waals surface area contributed by atoms with Crippen molar-refractivity contribution in [3.05, 3.63) is 30.1 Å². The highest BCUT2D eigenvalue weighted by atomic mass is 15.1.